The number of sulfonamides is 1. The minimum absolute atomic E-state index is 0.0324. The number of ether oxygens (including phenoxy) is 2. The predicted molar refractivity (Wildman–Crippen MR) is 123 cm³/mol. The summed E-state index contributed by atoms with van der Waals surface area (Å²) in [6, 6.07) is 14.1. The Balaban J connectivity index is 1.39. The zero-order valence-electron chi connectivity index (χ0n) is 18.2. The van der Waals surface area contributed by atoms with Crippen LogP contribution >= 0.6 is 0 Å². The van der Waals surface area contributed by atoms with E-state index in [1.807, 2.05) is 0 Å². The number of hydrogen-bond acceptors (Lipinski definition) is 7. The van der Waals surface area contributed by atoms with E-state index in [1.165, 1.54) is 34.5 Å². The quantitative estimate of drug-likeness (QED) is 0.480. The molecule has 5 rings (SSSR count). The fourth-order valence-corrected chi connectivity index (χ4v) is 5.71. The highest BCUT2D eigenvalue weighted by Gasteiger charge is 2.42. The second-order valence-electron chi connectivity index (χ2n) is 7.90. The molecule has 174 valence electrons. The summed E-state index contributed by atoms with van der Waals surface area (Å²) in [7, 11) is -2.34. The van der Waals surface area contributed by atoms with Crippen LogP contribution in [0.2, 0.25) is 0 Å². The van der Waals surface area contributed by atoms with Gasteiger partial charge in [0.2, 0.25) is 10.0 Å². The number of benzene rings is 2. The van der Waals surface area contributed by atoms with Crippen LogP contribution in [0.25, 0.3) is 0 Å². The van der Waals surface area contributed by atoms with Gasteiger partial charge in [0.1, 0.15) is 18.1 Å². The van der Waals surface area contributed by atoms with Crippen LogP contribution in [0.15, 0.2) is 71.9 Å². The number of nitrogens with zero attached hydrogens (tertiary/aromatic N) is 3. The topological polar surface area (TPSA) is 106 Å². The highest BCUT2D eigenvalue weighted by Crippen LogP contribution is 2.38. The standard InChI is InChI=1S/C24H21N3O6S/c1-32-18-6-4-16(5-7-18)27-22-9-8-20(13-21(22)23(28)24(27)29)34(30,31)26-12-10-17(26)15-33-19-3-2-11-25-14-19/h2-9,11,13-14,17H,10,12,15H2,1H3/t17-/m0/s1. The van der Waals surface area contributed by atoms with Crippen LogP contribution in [0.4, 0.5) is 11.4 Å². The molecule has 0 N–H and O–H groups in total. The van der Waals surface area contributed by atoms with Gasteiger partial charge in [0.25, 0.3) is 5.78 Å². The minimum Gasteiger partial charge on any atom is -0.497 e. The van der Waals surface area contributed by atoms with E-state index in [1.54, 1.807) is 48.8 Å². The number of Topliss-reactive ketones (excluding diaryl/α,β-unsaturated/α-hetero) is 1. The average Bonchev–Trinajstić information content (AvgIpc) is 3.08. The monoisotopic (exact) mass is 479 g/mol. The number of amides is 1. The number of pyridine rings is 1. The highest BCUT2D eigenvalue weighted by molar-refractivity contribution is 7.89. The van der Waals surface area contributed by atoms with Gasteiger partial charge >= 0.3 is 5.91 Å². The lowest BCUT2D eigenvalue weighted by molar-refractivity contribution is -0.113. The van der Waals surface area contributed by atoms with Crippen LogP contribution in [0.5, 0.6) is 11.5 Å². The van der Waals surface area contributed by atoms with Crippen LogP contribution in [-0.4, -0.2) is 55.7 Å². The van der Waals surface area contributed by atoms with E-state index in [0.29, 0.717) is 35.8 Å². The van der Waals surface area contributed by atoms with Crippen molar-refractivity contribution in [1.82, 2.24) is 9.29 Å². The van der Waals surface area contributed by atoms with Crippen molar-refractivity contribution in [1.29, 1.82) is 0 Å². The van der Waals surface area contributed by atoms with E-state index >= 15 is 0 Å². The van der Waals surface area contributed by atoms with Crippen molar-refractivity contribution in [3.05, 3.63) is 72.6 Å². The molecule has 0 spiro atoms. The Morgan fingerprint density at radius 2 is 1.85 bits per heavy atom. The largest absolute Gasteiger partial charge is 0.497 e. The first kappa shape index (κ1) is 22.1. The zero-order valence-corrected chi connectivity index (χ0v) is 19.1. The number of ketones is 1. The summed E-state index contributed by atoms with van der Waals surface area (Å²) in [5.74, 6) is -0.309. The lowest BCUT2D eigenvalue weighted by Gasteiger charge is -2.39. The molecule has 2 aliphatic rings. The summed E-state index contributed by atoms with van der Waals surface area (Å²) < 4.78 is 38.7. The Morgan fingerprint density at radius 1 is 1.06 bits per heavy atom. The molecule has 10 heteroatoms. The smallest absolute Gasteiger partial charge is 0.304 e. The molecule has 0 unspecified atom stereocenters. The summed E-state index contributed by atoms with van der Waals surface area (Å²) in [5.41, 5.74) is 0.897. The Morgan fingerprint density at radius 3 is 2.50 bits per heavy atom. The van der Waals surface area contributed by atoms with Gasteiger partial charge in [0.15, 0.2) is 0 Å². The van der Waals surface area contributed by atoms with Crippen molar-refractivity contribution >= 4 is 33.1 Å². The second-order valence-corrected chi connectivity index (χ2v) is 9.80. The van der Waals surface area contributed by atoms with E-state index in [4.69, 9.17) is 9.47 Å². The summed E-state index contributed by atoms with van der Waals surface area (Å²) >= 11 is 0. The molecule has 0 bridgehead atoms. The summed E-state index contributed by atoms with van der Waals surface area (Å²) in [4.78, 5) is 30.6. The molecule has 1 atom stereocenters. The number of rotatable bonds is 7. The van der Waals surface area contributed by atoms with E-state index in [-0.39, 0.29) is 23.1 Å². The van der Waals surface area contributed by atoms with Crippen LogP contribution < -0.4 is 14.4 Å². The third-order valence-corrected chi connectivity index (χ3v) is 7.90. The van der Waals surface area contributed by atoms with Gasteiger partial charge < -0.3 is 9.47 Å². The Kier molecular flexibility index (Phi) is 5.54. The number of carbonyl (C=O) groups is 2. The van der Waals surface area contributed by atoms with Gasteiger partial charge in [-0.2, -0.15) is 4.31 Å². The lowest BCUT2D eigenvalue weighted by atomic mass is 10.1. The first-order valence-electron chi connectivity index (χ1n) is 10.6. The van der Waals surface area contributed by atoms with Crippen molar-refractivity contribution < 1.29 is 27.5 Å². The number of fused-ring (bicyclic) bond motifs is 1. The molecule has 9 nitrogen and oxygen atoms in total. The SMILES string of the molecule is COc1ccc(N2C(=O)C(=O)c3cc(S(=O)(=O)N4CC[C@H]4COc4cccnc4)ccc32)cc1. The average molecular weight is 480 g/mol. The summed E-state index contributed by atoms with van der Waals surface area (Å²) in [5, 5.41) is 0. The van der Waals surface area contributed by atoms with Crippen molar-refractivity contribution in [2.75, 3.05) is 25.2 Å². The zero-order chi connectivity index (χ0) is 23.9. The van der Waals surface area contributed by atoms with Gasteiger partial charge in [-0.15, -0.1) is 0 Å². The van der Waals surface area contributed by atoms with E-state index in [0.717, 1.165) is 0 Å². The molecular weight excluding hydrogens is 458 g/mol. The van der Waals surface area contributed by atoms with Crippen molar-refractivity contribution in [2.45, 2.75) is 17.4 Å². The molecule has 34 heavy (non-hydrogen) atoms. The maximum Gasteiger partial charge on any atom is 0.304 e. The van der Waals surface area contributed by atoms with E-state index in [9.17, 15) is 18.0 Å². The maximum absolute atomic E-state index is 13.3. The molecule has 1 aromatic heterocycles. The molecule has 0 saturated carbocycles. The van der Waals surface area contributed by atoms with Crippen molar-refractivity contribution in [3.8, 4) is 11.5 Å². The number of anilines is 2. The van der Waals surface area contributed by atoms with Crippen molar-refractivity contribution in [2.24, 2.45) is 0 Å². The van der Waals surface area contributed by atoms with Crippen molar-refractivity contribution in [3.63, 3.8) is 0 Å². The van der Waals surface area contributed by atoms with E-state index in [2.05, 4.69) is 4.98 Å². The highest BCUT2D eigenvalue weighted by atomic mass is 32.2. The predicted octanol–water partition coefficient (Wildman–Crippen LogP) is 2.79. The van der Waals surface area contributed by atoms with Crippen LogP contribution in [0.3, 0.4) is 0 Å². The Hall–Kier alpha value is -3.76. The number of methoxy groups -OCH3 is 1. The normalized spacial score (nSPS) is 17.9. The van der Waals surface area contributed by atoms with Gasteiger partial charge in [-0.05, 0) is 61.0 Å². The number of carbonyl (C=O) groups excluding carboxylic acids is 2. The van der Waals surface area contributed by atoms with Gasteiger partial charge in [0, 0.05) is 18.4 Å². The van der Waals surface area contributed by atoms with Gasteiger partial charge in [-0.3, -0.25) is 19.5 Å². The Labute approximate surface area is 196 Å². The molecular formula is C24H21N3O6S. The molecule has 1 fully saturated rings. The molecule has 1 saturated heterocycles. The fraction of sp³-hybridized carbons (Fsp3) is 0.208. The maximum atomic E-state index is 13.3. The number of aromatic nitrogens is 1. The molecule has 2 aliphatic heterocycles. The molecule has 1 amide bonds. The first-order valence-corrected chi connectivity index (χ1v) is 12.1. The molecule has 2 aromatic carbocycles. The lowest BCUT2D eigenvalue weighted by Crippen LogP contribution is -2.53. The van der Waals surface area contributed by atoms with Crippen LogP contribution in [0, 0.1) is 0 Å². The minimum atomic E-state index is -3.87. The summed E-state index contributed by atoms with van der Waals surface area (Å²) in [6.45, 7) is 0.545. The molecule has 0 aliphatic carbocycles. The second kappa shape index (κ2) is 8.54. The molecule has 3 heterocycles. The number of hydrogen-bond donors (Lipinski definition) is 0. The van der Waals surface area contributed by atoms with Gasteiger partial charge in [-0.25, -0.2) is 8.42 Å². The van der Waals surface area contributed by atoms with Crippen LogP contribution in [0.1, 0.15) is 16.8 Å². The van der Waals surface area contributed by atoms with Crippen LogP contribution in [-0.2, 0) is 14.8 Å². The van der Waals surface area contributed by atoms with Gasteiger partial charge in [0.05, 0.1) is 35.5 Å². The third kappa shape index (κ3) is 3.70. The fourth-order valence-electron chi connectivity index (χ4n) is 4.03. The summed E-state index contributed by atoms with van der Waals surface area (Å²) in [6.07, 6.45) is 3.85. The molecule has 0 radical (unpaired) electrons. The Bertz CT molecular complexity index is 1360. The third-order valence-electron chi connectivity index (χ3n) is 5.95. The van der Waals surface area contributed by atoms with E-state index < -0.39 is 21.7 Å². The van der Waals surface area contributed by atoms with Gasteiger partial charge in [-0.1, -0.05) is 0 Å². The molecule has 3 aromatic rings. The first-order chi connectivity index (χ1) is 16.4.